The normalized spacial score (nSPS) is 23.2. The molecule has 1 aromatic rings. The van der Waals surface area contributed by atoms with Crippen molar-refractivity contribution in [1.82, 2.24) is 15.5 Å². The minimum atomic E-state index is -0.0842. The molecular weight excluding hydrogens is 206 g/mol. The van der Waals surface area contributed by atoms with Crippen LogP contribution >= 0.6 is 0 Å². The van der Waals surface area contributed by atoms with Crippen molar-refractivity contribution in [2.24, 2.45) is 0 Å². The van der Waals surface area contributed by atoms with E-state index in [1.54, 1.807) is 0 Å². The van der Waals surface area contributed by atoms with Crippen molar-refractivity contribution in [2.45, 2.75) is 38.7 Å². The summed E-state index contributed by atoms with van der Waals surface area (Å²) in [6.07, 6.45) is 2.21. The van der Waals surface area contributed by atoms with Gasteiger partial charge >= 0.3 is 0 Å². The highest BCUT2D eigenvalue weighted by Crippen LogP contribution is 2.23. The van der Waals surface area contributed by atoms with E-state index in [1.165, 1.54) is 6.42 Å². The van der Waals surface area contributed by atoms with E-state index < -0.39 is 0 Å². The van der Waals surface area contributed by atoms with Crippen molar-refractivity contribution in [3.8, 4) is 0 Å². The Hall–Kier alpha value is -0.940. The molecule has 1 unspecified atom stereocenters. The van der Waals surface area contributed by atoms with Gasteiger partial charge in [0.2, 0.25) is 5.89 Å². The largest absolute Gasteiger partial charge is 0.371 e. The predicted octanol–water partition coefficient (Wildman–Crippen LogP) is 1.63. The summed E-state index contributed by atoms with van der Waals surface area (Å²) < 4.78 is 10.7. The molecule has 0 spiro atoms. The molecule has 1 fully saturated rings. The number of aromatic nitrogens is 2. The predicted molar refractivity (Wildman–Crippen MR) is 59.2 cm³/mol. The Labute approximate surface area is 95.6 Å². The van der Waals surface area contributed by atoms with Crippen molar-refractivity contribution < 1.29 is 9.26 Å². The molecular formula is C11H19N3O2. The summed E-state index contributed by atoms with van der Waals surface area (Å²) in [6, 6.07) is 0. The fourth-order valence-electron chi connectivity index (χ4n) is 1.97. The van der Waals surface area contributed by atoms with Gasteiger partial charge in [-0.15, -0.1) is 0 Å². The van der Waals surface area contributed by atoms with Crippen molar-refractivity contribution in [1.29, 1.82) is 0 Å². The highest BCUT2D eigenvalue weighted by molar-refractivity contribution is 4.98. The summed E-state index contributed by atoms with van der Waals surface area (Å²) in [7, 11) is 0. The standard InChI is InChI=1S/C11H19N3O2/c1-3-15-8(2)10-13-11(16-14-10)9-5-4-6-12-7-9/h8-9,12H,3-7H2,1-2H3/t8?,9-/m0/s1. The summed E-state index contributed by atoms with van der Waals surface area (Å²) in [5, 5.41) is 7.31. The molecule has 2 heterocycles. The highest BCUT2D eigenvalue weighted by atomic mass is 16.5. The summed E-state index contributed by atoms with van der Waals surface area (Å²) in [6.45, 7) is 6.59. The third-order valence-electron chi connectivity index (χ3n) is 2.88. The van der Waals surface area contributed by atoms with Crippen LogP contribution in [0.25, 0.3) is 0 Å². The molecule has 1 aliphatic heterocycles. The van der Waals surface area contributed by atoms with E-state index in [4.69, 9.17) is 9.26 Å². The van der Waals surface area contributed by atoms with Gasteiger partial charge in [0, 0.05) is 13.2 Å². The topological polar surface area (TPSA) is 60.2 Å². The molecule has 5 heteroatoms. The average Bonchev–Trinajstić information content (AvgIpc) is 2.80. The molecule has 0 aliphatic carbocycles. The maximum atomic E-state index is 5.43. The van der Waals surface area contributed by atoms with Gasteiger partial charge in [0.25, 0.3) is 0 Å². The Morgan fingerprint density at radius 1 is 1.62 bits per heavy atom. The van der Waals surface area contributed by atoms with E-state index in [2.05, 4.69) is 15.5 Å². The number of piperidine rings is 1. The third-order valence-corrected chi connectivity index (χ3v) is 2.88. The van der Waals surface area contributed by atoms with Gasteiger partial charge in [-0.1, -0.05) is 5.16 Å². The van der Waals surface area contributed by atoms with E-state index >= 15 is 0 Å². The molecule has 90 valence electrons. The number of hydrogen-bond donors (Lipinski definition) is 1. The van der Waals surface area contributed by atoms with Crippen LogP contribution in [0.3, 0.4) is 0 Å². The first kappa shape index (κ1) is 11.5. The number of ether oxygens (including phenoxy) is 1. The lowest BCUT2D eigenvalue weighted by atomic mass is 10.00. The lowest BCUT2D eigenvalue weighted by Crippen LogP contribution is -2.28. The van der Waals surface area contributed by atoms with Gasteiger partial charge in [-0.25, -0.2) is 0 Å². The van der Waals surface area contributed by atoms with E-state index in [0.717, 1.165) is 25.4 Å². The summed E-state index contributed by atoms with van der Waals surface area (Å²) >= 11 is 0. The second kappa shape index (κ2) is 5.41. The van der Waals surface area contributed by atoms with Gasteiger partial charge < -0.3 is 14.6 Å². The van der Waals surface area contributed by atoms with Gasteiger partial charge in [0.05, 0.1) is 5.92 Å². The van der Waals surface area contributed by atoms with E-state index in [-0.39, 0.29) is 6.10 Å². The van der Waals surface area contributed by atoms with Crippen LogP contribution < -0.4 is 5.32 Å². The fourth-order valence-corrected chi connectivity index (χ4v) is 1.97. The third kappa shape index (κ3) is 2.59. The molecule has 2 rings (SSSR count). The molecule has 5 nitrogen and oxygen atoms in total. The maximum absolute atomic E-state index is 5.43. The zero-order valence-electron chi connectivity index (χ0n) is 9.90. The minimum absolute atomic E-state index is 0.0842. The Balaban J connectivity index is 2.00. The van der Waals surface area contributed by atoms with Crippen molar-refractivity contribution in [3.05, 3.63) is 11.7 Å². The molecule has 0 bridgehead atoms. The Bertz CT molecular complexity index is 321. The number of rotatable bonds is 4. The first-order chi connectivity index (χ1) is 7.81. The summed E-state index contributed by atoms with van der Waals surface area (Å²) in [4.78, 5) is 4.41. The van der Waals surface area contributed by atoms with Crippen LogP contribution in [-0.4, -0.2) is 29.8 Å². The van der Waals surface area contributed by atoms with E-state index in [1.807, 2.05) is 13.8 Å². The Morgan fingerprint density at radius 2 is 2.50 bits per heavy atom. The van der Waals surface area contributed by atoms with Gasteiger partial charge in [-0.2, -0.15) is 4.98 Å². The first-order valence-electron chi connectivity index (χ1n) is 5.97. The van der Waals surface area contributed by atoms with Gasteiger partial charge in [-0.3, -0.25) is 0 Å². The number of nitrogens with one attached hydrogen (secondary N) is 1. The quantitative estimate of drug-likeness (QED) is 0.844. The fraction of sp³-hybridized carbons (Fsp3) is 0.818. The molecule has 1 N–H and O–H groups in total. The Kier molecular flexibility index (Phi) is 3.90. The van der Waals surface area contributed by atoms with E-state index in [0.29, 0.717) is 18.3 Å². The zero-order chi connectivity index (χ0) is 11.4. The molecule has 0 saturated carbocycles. The highest BCUT2D eigenvalue weighted by Gasteiger charge is 2.22. The second-order valence-corrected chi connectivity index (χ2v) is 4.13. The van der Waals surface area contributed by atoms with Crippen LogP contribution in [0.2, 0.25) is 0 Å². The molecule has 0 aromatic carbocycles. The lowest BCUT2D eigenvalue weighted by molar-refractivity contribution is 0.0683. The van der Waals surface area contributed by atoms with Gasteiger partial charge in [0.1, 0.15) is 6.10 Å². The second-order valence-electron chi connectivity index (χ2n) is 4.13. The average molecular weight is 225 g/mol. The molecule has 16 heavy (non-hydrogen) atoms. The van der Waals surface area contributed by atoms with Gasteiger partial charge in [-0.05, 0) is 33.2 Å². The molecule has 0 amide bonds. The Morgan fingerprint density at radius 3 is 3.19 bits per heavy atom. The summed E-state index contributed by atoms with van der Waals surface area (Å²) in [5.41, 5.74) is 0. The van der Waals surface area contributed by atoms with Gasteiger partial charge in [0.15, 0.2) is 5.82 Å². The first-order valence-corrected chi connectivity index (χ1v) is 5.97. The smallest absolute Gasteiger partial charge is 0.231 e. The molecule has 1 aliphatic rings. The molecule has 1 aromatic heterocycles. The van der Waals surface area contributed by atoms with E-state index in [9.17, 15) is 0 Å². The summed E-state index contributed by atoms with van der Waals surface area (Å²) in [5.74, 6) is 1.76. The van der Waals surface area contributed by atoms with Crippen molar-refractivity contribution in [2.75, 3.05) is 19.7 Å². The van der Waals surface area contributed by atoms with Crippen LogP contribution in [0.4, 0.5) is 0 Å². The maximum Gasteiger partial charge on any atom is 0.231 e. The molecule has 1 saturated heterocycles. The molecule has 0 radical (unpaired) electrons. The SMILES string of the molecule is CCOC(C)c1noc([C@H]2CCCNC2)n1. The van der Waals surface area contributed by atoms with Crippen LogP contribution in [0.1, 0.15) is 50.4 Å². The zero-order valence-corrected chi connectivity index (χ0v) is 9.90. The monoisotopic (exact) mass is 225 g/mol. The van der Waals surface area contributed by atoms with Crippen LogP contribution in [0, 0.1) is 0 Å². The van der Waals surface area contributed by atoms with Crippen LogP contribution in [-0.2, 0) is 4.74 Å². The lowest BCUT2D eigenvalue weighted by Gasteiger charge is -2.18. The minimum Gasteiger partial charge on any atom is -0.371 e. The van der Waals surface area contributed by atoms with Crippen molar-refractivity contribution in [3.63, 3.8) is 0 Å². The number of hydrogen-bond acceptors (Lipinski definition) is 5. The molecule has 2 atom stereocenters. The van der Waals surface area contributed by atoms with Crippen LogP contribution in [0.15, 0.2) is 4.52 Å². The van der Waals surface area contributed by atoms with Crippen molar-refractivity contribution >= 4 is 0 Å². The number of nitrogens with zero attached hydrogens (tertiary/aromatic N) is 2. The van der Waals surface area contributed by atoms with Crippen LogP contribution in [0.5, 0.6) is 0 Å².